The van der Waals surface area contributed by atoms with E-state index in [9.17, 15) is 4.79 Å². The molecule has 3 aromatic rings. The first-order chi connectivity index (χ1) is 15.7. The molecule has 0 heterocycles. The van der Waals surface area contributed by atoms with Gasteiger partial charge in [0.05, 0.1) is 27.0 Å². The molecule has 0 atom stereocenters. The fourth-order valence-corrected chi connectivity index (χ4v) is 2.84. The molecular weight excluding hydrogens is 408 g/mol. The molecule has 7 nitrogen and oxygen atoms in total. The van der Waals surface area contributed by atoms with E-state index in [4.69, 9.17) is 18.9 Å². The van der Waals surface area contributed by atoms with Crippen molar-refractivity contribution >= 4 is 12.1 Å². The Kier molecular flexibility index (Phi) is 8.50. The van der Waals surface area contributed by atoms with Crippen molar-refractivity contribution in [2.75, 3.05) is 27.4 Å². The number of carbonyl (C=O) groups excluding carboxylic acids is 1. The normalized spacial score (nSPS) is 10.6. The summed E-state index contributed by atoms with van der Waals surface area (Å²) in [5, 5.41) is 3.97. The Morgan fingerprint density at radius 1 is 0.875 bits per heavy atom. The number of rotatable bonds is 11. The maximum atomic E-state index is 11.9. The van der Waals surface area contributed by atoms with Gasteiger partial charge in [-0.1, -0.05) is 30.3 Å². The van der Waals surface area contributed by atoms with Crippen LogP contribution in [0.3, 0.4) is 0 Å². The summed E-state index contributed by atoms with van der Waals surface area (Å²) in [6.07, 6.45) is 2.33. The molecular formula is C25H26N2O5. The van der Waals surface area contributed by atoms with E-state index in [2.05, 4.69) is 22.7 Å². The van der Waals surface area contributed by atoms with Gasteiger partial charge in [-0.2, -0.15) is 5.10 Å². The first-order valence-electron chi connectivity index (χ1n) is 10.1. The summed E-state index contributed by atoms with van der Waals surface area (Å²) < 4.78 is 21.8. The lowest BCUT2D eigenvalue weighted by Crippen LogP contribution is -2.24. The van der Waals surface area contributed by atoms with Crippen LogP contribution in [-0.4, -0.2) is 39.6 Å². The van der Waals surface area contributed by atoms with E-state index >= 15 is 0 Å². The quantitative estimate of drug-likeness (QED) is 0.366. The Hall–Kier alpha value is -4.00. The summed E-state index contributed by atoms with van der Waals surface area (Å²) in [6.45, 7) is 0.388. The van der Waals surface area contributed by atoms with Crippen molar-refractivity contribution in [3.8, 4) is 23.0 Å². The van der Waals surface area contributed by atoms with Crippen LogP contribution < -0.4 is 24.4 Å². The van der Waals surface area contributed by atoms with E-state index in [1.54, 1.807) is 44.6 Å². The average molecular weight is 434 g/mol. The highest BCUT2D eigenvalue weighted by molar-refractivity contribution is 5.83. The second kappa shape index (κ2) is 12.0. The highest BCUT2D eigenvalue weighted by Gasteiger charge is 2.06. The SMILES string of the molecule is COc1ccc(OCC(=O)N/N=C/c2ccc(OCCc3ccccc3)c(OC)c2)cc1. The fraction of sp³-hybridized carbons (Fsp3) is 0.200. The zero-order chi connectivity index (χ0) is 22.6. The molecule has 0 spiro atoms. The van der Waals surface area contributed by atoms with Crippen LogP contribution in [0.5, 0.6) is 23.0 Å². The second-order valence-corrected chi connectivity index (χ2v) is 6.75. The summed E-state index contributed by atoms with van der Waals surface area (Å²) in [5.41, 5.74) is 4.41. The number of nitrogens with zero attached hydrogens (tertiary/aromatic N) is 1. The number of hydrazone groups is 1. The maximum absolute atomic E-state index is 11.9. The van der Waals surface area contributed by atoms with Gasteiger partial charge in [-0.25, -0.2) is 5.43 Å². The fourth-order valence-electron chi connectivity index (χ4n) is 2.84. The monoisotopic (exact) mass is 434 g/mol. The third kappa shape index (κ3) is 7.05. The van der Waals surface area contributed by atoms with E-state index in [0.29, 0.717) is 23.9 Å². The molecule has 0 aliphatic heterocycles. The molecule has 3 rings (SSSR count). The standard InChI is InChI=1S/C25H26N2O5/c1-29-21-9-11-22(12-10-21)32-18-25(28)27-26-17-20-8-13-23(24(16-20)30-2)31-15-14-19-6-4-3-5-7-19/h3-13,16-17H,14-15,18H2,1-2H3,(H,27,28)/b26-17+. The lowest BCUT2D eigenvalue weighted by Gasteiger charge is -2.11. The summed E-state index contributed by atoms with van der Waals surface area (Å²) in [5.74, 6) is 2.16. The number of hydrogen-bond donors (Lipinski definition) is 1. The van der Waals surface area contributed by atoms with Gasteiger partial charge in [-0.15, -0.1) is 0 Å². The summed E-state index contributed by atoms with van der Waals surface area (Å²) in [4.78, 5) is 11.9. The van der Waals surface area contributed by atoms with Gasteiger partial charge in [-0.3, -0.25) is 4.79 Å². The average Bonchev–Trinajstić information content (AvgIpc) is 2.84. The first kappa shape index (κ1) is 22.7. The number of benzene rings is 3. The zero-order valence-corrected chi connectivity index (χ0v) is 18.1. The van der Waals surface area contributed by atoms with E-state index in [1.165, 1.54) is 11.8 Å². The molecule has 1 N–H and O–H groups in total. The van der Waals surface area contributed by atoms with Gasteiger partial charge in [0.15, 0.2) is 18.1 Å². The minimum absolute atomic E-state index is 0.152. The highest BCUT2D eigenvalue weighted by atomic mass is 16.5. The minimum atomic E-state index is -0.370. The number of hydrogen-bond acceptors (Lipinski definition) is 6. The van der Waals surface area contributed by atoms with Crippen molar-refractivity contribution < 1.29 is 23.7 Å². The molecule has 0 fully saturated rings. The molecule has 0 unspecified atom stereocenters. The number of nitrogens with one attached hydrogen (secondary N) is 1. The van der Waals surface area contributed by atoms with Gasteiger partial charge in [-0.05, 0) is 53.6 Å². The Bertz CT molecular complexity index is 1020. The third-order valence-electron chi connectivity index (χ3n) is 4.51. The lowest BCUT2D eigenvalue weighted by atomic mass is 10.2. The summed E-state index contributed by atoms with van der Waals surface area (Å²) in [7, 11) is 3.17. The van der Waals surface area contributed by atoms with Crippen LogP contribution >= 0.6 is 0 Å². The third-order valence-corrected chi connectivity index (χ3v) is 4.51. The van der Waals surface area contributed by atoms with Crippen molar-refractivity contribution in [2.24, 2.45) is 5.10 Å². The van der Waals surface area contributed by atoms with Gasteiger partial charge >= 0.3 is 0 Å². The predicted molar refractivity (Wildman–Crippen MR) is 123 cm³/mol. The first-order valence-corrected chi connectivity index (χ1v) is 10.1. The molecule has 0 radical (unpaired) electrons. The number of methoxy groups -OCH3 is 2. The molecule has 7 heteroatoms. The van der Waals surface area contributed by atoms with Crippen molar-refractivity contribution in [3.05, 3.63) is 83.9 Å². The molecule has 0 aliphatic carbocycles. The minimum Gasteiger partial charge on any atom is -0.497 e. The van der Waals surface area contributed by atoms with Crippen LogP contribution in [0.2, 0.25) is 0 Å². The number of carbonyl (C=O) groups is 1. The van der Waals surface area contributed by atoms with E-state index < -0.39 is 0 Å². The largest absolute Gasteiger partial charge is 0.497 e. The molecule has 1 amide bonds. The van der Waals surface area contributed by atoms with Gasteiger partial charge in [0.25, 0.3) is 5.91 Å². The number of ether oxygens (including phenoxy) is 4. The maximum Gasteiger partial charge on any atom is 0.277 e. The van der Waals surface area contributed by atoms with Gasteiger partial charge in [0.1, 0.15) is 11.5 Å². The Balaban J connectivity index is 1.46. The second-order valence-electron chi connectivity index (χ2n) is 6.75. The molecule has 0 bridgehead atoms. The summed E-state index contributed by atoms with van der Waals surface area (Å²) >= 11 is 0. The van der Waals surface area contributed by atoms with E-state index in [1.807, 2.05) is 30.3 Å². The molecule has 166 valence electrons. The van der Waals surface area contributed by atoms with Crippen LogP contribution in [0, 0.1) is 0 Å². The highest BCUT2D eigenvalue weighted by Crippen LogP contribution is 2.27. The van der Waals surface area contributed by atoms with Crippen molar-refractivity contribution in [2.45, 2.75) is 6.42 Å². The van der Waals surface area contributed by atoms with Crippen LogP contribution in [0.15, 0.2) is 77.9 Å². The molecule has 32 heavy (non-hydrogen) atoms. The van der Waals surface area contributed by atoms with Gasteiger partial charge in [0.2, 0.25) is 0 Å². The smallest absolute Gasteiger partial charge is 0.277 e. The van der Waals surface area contributed by atoms with E-state index in [-0.39, 0.29) is 12.5 Å². The van der Waals surface area contributed by atoms with E-state index in [0.717, 1.165) is 17.7 Å². The molecule has 0 aromatic heterocycles. The summed E-state index contributed by atoms with van der Waals surface area (Å²) in [6, 6.07) is 22.6. The molecule has 0 aliphatic rings. The van der Waals surface area contributed by atoms with Crippen LogP contribution in [0.25, 0.3) is 0 Å². The van der Waals surface area contributed by atoms with Gasteiger partial charge in [0, 0.05) is 6.42 Å². The van der Waals surface area contributed by atoms with Gasteiger partial charge < -0.3 is 18.9 Å². The molecule has 0 saturated carbocycles. The van der Waals surface area contributed by atoms with Crippen LogP contribution in [0.1, 0.15) is 11.1 Å². The van der Waals surface area contributed by atoms with Crippen LogP contribution in [0.4, 0.5) is 0 Å². The topological polar surface area (TPSA) is 78.4 Å². The zero-order valence-electron chi connectivity index (χ0n) is 18.1. The molecule has 3 aromatic carbocycles. The van der Waals surface area contributed by atoms with Crippen molar-refractivity contribution in [1.29, 1.82) is 0 Å². The Morgan fingerprint density at radius 2 is 1.62 bits per heavy atom. The van der Waals surface area contributed by atoms with Crippen molar-refractivity contribution in [3.63, 3.8) is 0 Å². The predicted octanol–water partition coefficient (Wildman–Crippen LogP) is 3.85. The van der Waals surface area contributed by atoms with Crippen LogP contribution in [-0.2, 0) is 11.2 Å². The molecule has 0 saturated heterocycles. The number of amides is 1. The lowest BCUT2D eigenvalue weighted by molar-refractivity contribution is -0.123. The Morgan fingerprint density at radius 3 is 2.34 bits per heavy atom. The Labute approximate surface area is 187 Å². The van der Waals surface area contributed by atoms with Crippen molar-refractivity contribution in [1.82, 2.24) is 5.43 Å².